The number of carboxylic acid groups (broad SMARTS) is 1. The number of carbonyl (C=O) groups excluding carboxylic acids is 1. The summed E-state index contributed by atoms with van der Waals surface area (Å²) in [5, 5.41) is 28.5. The minimum absolute atomic E-state index is 0.0804. The molecule has 6 nitrogen and oxygen atoms in total. The third-order valence-electron chi connectivity index (χ3n) is 10.6. The van der Waals surface area contributed by atoms with Gasteiger partial charge in [0.15, 0.2) is 0 Å². The van der Waals surface area contributed by atoms with Crippen molar-refractivity contribution in [2.75, 3.05) is 11.9 Å². The van der Waals surface area contributed by atoms with Gasteiger partial charge >= 0.3 is 5.97 Å². The highest BCUT2D eigenvalue weighted by Gasteiger charge is 2.29. The van der Waals surface area contributed by atoms with E-state index in [-0.39, 0.29) is 31.0 Å². The fraction of sp³-hybridized carbons (Fsp3) is 0.429. The first-order valence-corrected chi connectivity index (χ1v) is 19.9. The molecular weight excluding hydrogens is 661 g/mol. The topological polar surface area (TPSA) is 98.7 Å². The zero-order chi connectivity index (χ0) is 35.0. The highest BCUT2D eigenvalue weighted by Crippen LogP contribution is 2.44. The molecule has 2 atom stereocenters. The number of benzene rings is 3. The van der Waals surface area contributed by atoms with E-state index in [9.17, 15) is 14.7 Å². The molecule has 2 aliphatic rings. The summed E-state index contributed by atoms with van der Waals surface area (Å²) >= 11 is 3.67. The highest BCUT2D eigenvalue weighted by molar-refractivity contribution is 7.19. The van der Waals surface area contributed by atoms with Crippen LogP contribution in [0.25, 0.3) is 20.2 Å². The van der Waals surface area contributed by atoms with E-state index in [1.807, 2.05) is 23.5 Å². The molecule has 50 heavy (non-hydrogen) atoms. The molecule has 0 radical (unpaired) electrons. The summed E-state index contributed by atoms with van der Waals surface area (Å²) in [6.07, 6.45) is 12.3. The van der Waals surface area contributed by atoms with Gasteiger partial charge in [-0.3, -0.25) is 9.59 Å². The number of carboxylic acids is 1. The maximum atomic E-state index is 12.2. The van der Waals surface area contributed by atoms with Gasteiger partial charge in [-0.2, -0.15) is 0 Å². The van der Waals surface area contributed by atoms with Crippen LogP contribution in [0.2, 0.25) is 0 Å². The standard InChI is InChI=1S/C26H30N2O3S.C16H20OS/c1-17-21-9-5-6-10-22(21)32-25(17)24(18-7-3-2-4-8-18)28-20-13-11-19(12-14-20)26(31)27-16-15-23(29)30;1-11-13-9-5-6-10-14(13)18-16(11)15(17)12-7-3-2-4-8-12/h5-6,9-14,18,24,28H,2-4,7-8,15-16H2,1H3,(H,27,31)(H,29,30);5-6,9-10,12,15,17H,2-4,7-8H2,1H3. The first-order valence-electron chi connectivity index (χ1n) is 18.3. The number of carbonyl (C=O) groups is 2. The van der Waals surface area contributed by atoms with Gasteiger partial charge in [-0.05, 0) is 110 Å². The molecule has 2 fully saturated rings. The van der Waals surface area contributed by atoms with Crippen molar-refractivity contribution in [3.8, 4) is 0 Å². The molecule has 8 heteroatoms. The first kappa shape index (κ1) is 36.1. The van der Waals surface area contributed by atoms with Crippen LogP contribution in [0.5, 0.6) is 0 Å². The van der Waals surface area contributed by atoms with E-state index in [1.165, 1.54) is 105 Å². The number of aliphatic hydroxyl groups excluding tert-OH is 1. The Morgan fingerprint density at radius 3 is 1.80 bits per heavy atom. The number of aliphatic carboxylic acids is 1. The molecular formula is C42H50N2O4S2. The van der Waals surface area contributed by atoms with Crippen molar-refractivity contribution in [1.29, 1.82) is 0 Å². The summed E-state index contributed by atoms with van der Waals surface area (Å²) in [6.45, 7) is 4.51. The summed E-state index contributed by atoms with van der Waals surface area (Å²) in [4.78, 5) is 25.5. The quantitative estimate of drug-likeness (QED) is 0.116. The Morgan fingerprint density at radius 1 is 0.720 bits per heavy atom. The lowest BCUT2D eigenvalue weighted by Gasteiger charge is -2.32. The van der Waals surface area contributed by atoms with Gasteiger partial charge in [0.1, 0.15) is 0 Å². The van der Waals surface area contributed by atoms with Crippen molar-refractivity contribution in [3.63, 3.8) is 0 Å². The molecule has 0 spiro atoms. The van der Waals surface area contributed by atoms with Crippen LogP contribution in [-0.4, -0.2) is 28.6 Å². The van der Waals surface area contributed by atoms with Crippen LogP contribution in [0.4, 0.5) is 5.69 Å². The van der Waals surface area contributed by atoms with Gasteiger partial charge in [0.2, 0.25) is 0 Å². The van der Waals surface area contributed by atoms with E-state index < -0.39 is 5.97 Å². The van der Waals surface area contributed by atoms with Crippen LogP contribution in [-0.2, 0) is 4.79 Å². The number of aliphatic hydroxyl groups is 1. The molecule has 0 aliphatic heterocycles. The van der Waals surface area contributed by atoms with E-state index in [2.05, 4.69) is 73.0 Å². The number of hydrogen-bond acceptors (Lipinski definition) is 6. The van der Waals surface area contributed by atoms with Crippen molar-refractivity contribution in [3.05, 3.63) is 99.2 Å². The molecule has 0 saturated heterocycles. The van der Waals surface area contributed by atoms with Gasteiger partial charge in [-0.15, -0.1) is 22.7 Å². The molecule has 2 heterocycles. The monoisotopic (exact) mass is 710 g/mol. The molecule has 5 aromatic rings. The summed E-state index contributed by atoms with van der Waals surface area (Å²) < 4.78 is 2.64. The Hall–Kier alpha value is -3.72. The van der Waals surface area contributed by atoms with Crippen LogP contribution in [0.15, 0.2) is 72.8 Å². The SMILES string of the molecule is Cc1c(C(Nc2ccc(C(=O)NCCC(=O)O)cc2)C2CCCCC2)sc2ccccc12.Cc1c(C(O)C2CCCCC2)sc2ccccc12. The van der Waals surface area contributed by atoms with E-state index in [1.54, 1.807) is 23.5 Å². The maximum Gasteiger partial charge on any atom is 0.305 e. The normalized spacial score (nSPS) is 16.8. The number of anilines is 1. The third-order valence-corrected chi connectivity index (χ3v) is 13.3. The minimum Gasteiger partial charge on any atom is -0.481 e. The predicted molar refractivity (Wildman–Crippen MR) is 209 cm³/mol. The Labute approximate surface area is 303 Å². The number of thiophene rings is 2. The maximum absolute atomic E-state index is 12.2. The van der Waals surface area contributed by atoms with E-state index in [4.69, 9.17) is 5.11 Å². The van der Waals surface area contributed by atoms with Gasteiger partial charge in [-0.25, -0.2) is 0 Å². The highest BCUT2D eigenvalue weighted by atomic mass is 32.1. The lowest BCUT2D eigenvalue weighted by Crippen LogP contribution is -2.26. The molecule has 2 aliphatic carbocycles. The number of fused-ring (bicyclic) bond motifs is 2. The molecule has 3 aromatic carbocycles. The number of hydrogen-bond donors (Lipinski definition) is 4. The molecule has 2 aromatic heterocycles. The van der Waals surface area contributed by atoms with Gasteiger partial charge in [0.25, 0.3) is 5.91 Å². The Balaban J connectivity index is 0.000000202. The van der Waals surface area contributed by atoms with Gasteiger partial charge < -0.3 is 20.8 Å². The average molecular weight is 711 g/mol. The van der Waals surface area contributed by atoms with Gasteiger partial charge in [0.05, 0.1) is 18.6 Å². The van der Waals surface area contributed by atoms with Gasteiger partial charge in [0, 0.05) is 36.9 Å². The van der Waals surface area contributed by atoms with Crippen LogP contribution >= 0.6 is 22.7 Å². The minimum atomic E-state index is -0.921. The molecule has 264 valence electrons. The zero-order valence-electron chi connectivity index (χ0n) is 29.3. The van der Waals surface area contributed by atoms with Crippen molar-refractivity contribution < 1.29 is 19.8 Å². The summed E-state index contributed by atoms with van der Waals surface area (Å²) in [6, 6.07) is 24.9. The van der Waals surface area contributed by atoms with Crippen LogP contribution in [0.3, 0.4) is 0 Å². The van der Waals surface area contributed by atoms with E-state index >= 15 is 0 Å². The first-order chi connectivity index (χ1) is 24.3. The van der Waals surface area contributed by atoms with Crippen molar-refractivity contribution >= 4 is 60.4 Å². The molecule has 2 saturated carbocycles. The second kappa shape index (κ2) is 17.0. The third kappa shape index (κ3) is 8.59. The Morgan fingerprint density at radius 2 is 1.24 bits per heavy atom. The smallest absolute Gasteiger partial charge is 0.305 e. The number of rotatable bonds is 10. The number of amides is 1. The molecule has 1 amide bonds. The average Bonchev–Trinajstić information content (AvgIpc) is 3.67. The summed E-state index contributed by atoms with van der Waals surface area (Å²) in [7, 11) is 0. The lowest BCUT2D eigenvalue weighted by molar-refractivity contribution is -0.136. The lowest BCUT2D eigenvalue weighted by atomic mass is 9.82. The number of aryl methyl sites for hydroxylation is 2. The summed E-state index contributed by atoms with van der Waals surface area (Å²) in [5.74, 6) is -0.0999. The van der Waals surface area contributed by atoms with E-state index in [0.717, 1.165) is 5.69 Å². The molecule has 2 unspecified atom stereocenters. The van der Waals surface area contributed by atoms with Crippen molar-refractivity contribution in [2.45, 2.75) is 96.6 Å². The summed E-state index contributed by atoms with van der Waals surface area (Å²) in [5.41, 5.74) is 4.18. The van der Waals surface area contributed by atoms with Gasteiger partial charge in [-0.1, -0.05) is 74.9 Å². The largest absolute Gasteiger partial charge is 0.481 e. The molecule has 7 rings (SSSR count). The van der Waals surface area contributed by atoms with Crippen LogP contribution < -0.4 is 10.6 Å². The molecule has 4 N–H and O–H groups in total. The Bertz CT molecular complexity index is 1880. The number of nitrogens with one attached hydrogen (secondary N) is 2. The zero-order valence-corrected chi connectivity index (χ0v) is 30.9. The Kier molecular flexibility index (Phi) is 12.3. The fourth-order valence-electron chi connectivity index (χ4n) is 7.78. The second-order valence-corrected chi connectivity index (χ2v) is 16.2. The molecule has 0 bridgehead atoms. The van der Waals surface area contributed by atoms with E-state index in [0.29, 0.717) is 17.4 Å². The predicted octanol–water partition coefficient (Wildman–Crippen LogP) is 11.0. The second-order valence-electron chi connectivity index (χ2n) is 14.0. The van der Waals surface area contributed by atoms with Crippen LogP contribution in [0, 0.1) is 25.7 Å². The fourth-order valence-corrected chi connectivity index (χ4v) is 10.4. The van der Waals surface area contributed by atoms with Crippen molar-refractivity contribution in [2.24, 2.45) is 11.8 Å². The van der Waals surface area contributed by atoms with Crippen LogP contribution in [0.1, 0.15) is 114 Å². The van der Waals surface area contributed by atoms with Crippen molar-refractivity contribution in [1.82, 2.24) is 5.32 Å².